The molecule has 0 bridgehead atoms. The van der Waals surface area contributed by atoms with Crippen molar-refractivity contribution in [2.75, 3.05) is 31.7 Å². The van der Waals surface area contributed by atoms with Gasteiger partial charge in [-0.1, -0.05) is 19.1 Å². The molecule has 96 valence electrons. The molecule has 0 amide bonds. The van der Waals surface area contributed by atoms with E-state index in [1.54, 1.807) is 0 Å². The molecule has 17 heavy (non-hydrogen) atoms. The molecule has 1 aromatic carbocycles. The van der Waals surface area contributed by atoms with E-state index in [0.29, 0.717) is 0 Å². The summed E-state index contributed by atoms with van der Waals surface area (Å²) in [5.41, 5.74) is 2.13. The molecule has 3 heteroatoms. The van der Waals surface area contributed by atoms with Crippen LogP contribution in [0.3, 0.4) is 0 Å². The predicted molar refractivity (Wildman–Crippen MR) is 71.5 cm³/mol. The van der Waals surface area contributed by atoms with Gasteiger partial charge in [-0.2, -0.15) is 0 Å². The summed E-state index contributed by atoms with van der Waals surface area (Å²) in [7, 11) is 2.05. The van der Waals surface area contributed by atoms with Crippen LogP contribution < -0.4 is 4.90 Å². The van der Waals surface area contributed by atoms with Crippen molar-refractivity contribution in [3.63, 3.8) is 0 Å². The third kappa shape index (κ3) is 4.36. The molecule has 0 saturated carbocycles. The van der Waals surface area contributed by atoms with E-state index in [-0.39, 0.29) is 6.10 Å². The number of nitrogens with zero attached hydrogens (tertiary/aromatic N) is 1. The second kappa shape index (κ2) is 7.30. The fourth-order valence-electron chi connectivity index (χ4n) is 1.66. The predicted octanol–water partition coefficient (Wildman–Crippen LogP) is 2.60. The highest BCUT2D eigenvalue weighted by atomic mass is 16.5. The Morgan fingerprint density at radius 3 is 2.41 bits per heavy atom. The van der Waals surface area contributed by atoms with Crippen LogP contribution >= 0.6 is 0 Å². The summed E-state index contributed by atoms with van der Waals surface area (Å²) in [5, 5.41) is 9.70. The Hall–Kier alpha value is -1.06. The van der Waals surface area contributed by atoms with Gasteiger partial charge in [0.05, 0.1) is 12.7 Å². The molecule has 1 N–H and O–H groups in total. The van der Waals surface area contributed by atoms with Crippen molar-refractivity contribution >= 4 is 5.69 Å². The molecule has 0 fully saturated rings. The van der Waals surface area contributed by atoms with Gasteiger partial charge in [0.15, 0.2) is 0 Å². The molecule has 3 nitrogen and oxygen atoms in total. The monoisotopic (exact) mass is 237 g/mol. The maximum absolute atomic E-state index is 9.70. The fraction of sp³-hybridized carbons (Fsp3) is 0.571. The minimum absolute atomic E-state index is 0.349. The van der Waals surface area contributed by atoms with Gasteiger partial charge in [0.2, 0.25) is 0 Å². The van der Waals surface area contributed by atoms with Gasteiger partial charge in [-0.25, -0.2) is 0 Å². The second-order valence-corrected chi connectivity index (χ2v) is 4.13. The summed E-state index contributed by atoms with van der Waals surface area (Å²) in [5.74, 6) is 0. The van der Waals surface area contributed by atoms with Crippen LogP contribution in [0.5, 0.6) is 0 Å². The number of aliphatic hydroxyl groups is 1. The summed E-state index contributed by atoms with van der Waals surface area (Å²) in [4.78, 5) is 2.15. The average Bonchev–Trinajstić information content (AvgIpc) is 2.38. The van der Waals surface area contributed by atoms with Crippen molar-refractivity contribution < 1.29 is 9.84 Å². The molecule has 0 spiro atoms. The first-order valence-corrected chi connectivity index (χ1v) is 6.26. The number of anilines is 1. The lowest BCUT2D eigenvalue weighted by atomic mass is 10.1. The van der Waals surface area contributed by atoms with Gasteiger partial charge >= 0.3 is 0 Å². The van der Waals surface area contributed by atoms with Crippen LogP contribution in [0.2, 0.25) is 0 Å². The number of rotatable bonds is 7. The van der Waals surface area contributed by atoms with Crippen molar-refractivity contribution in [1.82, 2.24) is 0 Å². The van der Waals surface area contributed by atoms with E-state index in [0.717, 1.165) is 37.4 Å². The maximum Gasteiger partial charge on any atom is 0.0787 e. The van der Waals surface area contributed by atoms with Gasteiger partial charge in [-0.15, -0.1) is 0 Å². The lowest BCUT2D eigenvalue weighted by Gasteiger charge is -2.20. The molecule has 0 aliphatic carbocycles. The molecule has 0 aliphatic rings. The largest absolute Gasteiger partial charge is 0.388 e. The van der Waals surface area contributed by atoms with Crippen LogP contribution in [0.1, 0.15) is 31.9 Å². The zero-order valence-corrected chi connectivity index (χ0v) is 11.0. The molecule has 0 heterocycles. The Balaban J connectivity index is 2.54. The van der Waals surface area contributed by atoms with E-state index >= 15 is 0 Å². The Bertz CT molecular complexity index is 311. The van der Waals surface area contributed by atoms with Crippen LogP contribution in [-0.4, -0.2) is 31.9 Å². The van der Waals surface area contributed by atoms with Crippen LogP contribution in [-0.2, 0) is 4.74 Å². The normalized spacial score (nSPS) is 12.5. The minimum atomic E-state index is -0.349. The third-order valence-electron chi connectivity index (χ3n) is 2.88. The zero-order valence-electron chi connectivity index (χ0n) is 11.0. The minimum Gasteiger partial charge on any atom is -0.388 e. The average molecular weight is 237 g/mol. The van der Waals surface area contributed by atoms with Crippen LogP contribution in [0.4, 0.5) is 5.69 Å². The van der Waals surface area contributed by atoms with E-state index in [4.69, 9.17) is 4.74 Å². The van der Waals surface area contributed by atoms with E-state index in [1.807, 2.05) is 45.2 Å². The highest BCUT2D eigenvalue weighted by Gasteiger charge is 2.05. The van der Waals surface area contributed by atoms with Gasteiger partial charge in [-0.05, 0) is 31.0 Å². The van der Waals surface area contributed by atoms with Crippen molar-refractivity contribution in [2.24, 2.45) is 0 Å². The summed E-state index contributed by atoms with van der Waals surface area (Å²) in [6, 6.07) is 8.06. The van der Waals surface area contributed by atoms with Gasteiger partial charge in [0.1, 0.15) is 0 Å². The summed E-state index contributed by atoms with van der Waals surface area (Å²) >= 11 is 0. The van der Waals surface area contributed by atoms with Crippen LogP contribution in [0.25, 0.3) is 0 Å². The smallest absolute Gasteiger partial charge is 0.0787 e. The SMILES string of the molecule is CCOCCN(C)c1ccc(C(O)CC)cc1. The number of likely N-dealkylation sites (N-methyl/N-ethyl adjacent to an activating group) is 1. The Morgan fingerprint density at radius 1 is 1.24 bits per heavy atom. The first kappa shape index (κ1) is 14.0. The van der Waals surface area contributed by atoms with Gasteiger partial charge in [0.25, 0.3) is 0 Å². The molecule has 1 atom stereocenters. The van der Waals surface area contributed by atoms with Crippen molar-refractivity contribution in [1.29, 1.82) is 0 Å². The molecule has 0 saturated heterocycles. The molecule has 0 radical (unpaired) electrons. The fourth-order valence-corrected chi connectivity index (χ4v) is 1.66. The third-order valence-corrected chi connectivity index (χ3v) is 2.88. The van der Waals surface area contributed by atoms with Crippen molar-refractivity contribution in [3.8, 4) is 0 Å². The van der Waals surface area contributed by atoms with Gasteiger partial charge in [-0.3, -0.25) is 0 Å². The lowest BCUT2D eigenvalue weighted by Crippen LogP contribution is -2.22. The molecule has 1 unspecified atom stereocenters. The maximum atomic E-state index is 9.70. The standard InChI is InChI=1S/C14H23NO2/c1-4-14(16)12-6-8-13(9-7-12)15(3)10-11-17-5-2/h6-9,14,16H,4-5,10-11H2,1-3H3. The number of ether oxygens (including phenoxy) is 1. The van der Waals surface area contributed by atoms with E-state index < -0.39 is 0 Å². The Labute approximate surface area is 104 Å². The molecular weight excluding hydrogens is 214 g/mol. The van der Waals surface area contributed by atoms with E-state index in [2.05, 4.69) is 4.90 Å². The highest BCUT2D eigenvalue weighted by Crippen LogP contribution is 2.20. The molecule has 1 rings (SSSR count). The first-order valence-electron chi connectivity index (χ1n) is 6.26. The van der Waals surface area contributed by atoms with Gasteiger partial charge < -0.3 is 14.7 Å². The summed E-state index contributed by atoms with van der Waals surface area (Å²) in [6.07, 6.45) is 0.400. The summed E-state index contributed by atoms with van der Waals surface area (Å²) in [6.45, 7) is 6.36. The topological polar surface area (TPSA) is 32.7 Å². The summed E-state index contributed by atoms with van der Waals surface area (Å²) < 4.78 is 5.32. The first-order chi connectivity index (χ1) is 8.19. The molecule has 0 aromatic heterocycles. The lowest BCUT2D eigenvalue weighted by molar-refractivity contribution is 0.154. The molecule has 1 aromatic rings. The van der Waals surface area contributed by atoms with Crippen molar-refractivity contribution in [2.45, 2.75) is 26.4 Å². The Morgan fingerprint density at radius 2 is 1.88 bits per heavy atom. The molecular formula is C14H23NO2. The number of benzene rings is 1. The van der Waals surface area contributed by atoms with E-state index in [9.17, 15) is 5.11 Å². The van der Waals surface area contributed by atoms with Gasteiger partial charge in [0, 0.05) is 25.9 Å². The van der Waals surface area contributed by atoms with E-state index in [1.165, 1.54) is 0 Å². The number of aliphatic hydroxyl groups excluding tert-OH is 1. The quantitative estimate of drug-likeness (QED) is 0.740. The zero-order chi connectivity index (χ0) is 12.7. The van der Waals surface area contributed by atoms with Crippen LogP contribution in [0, 0.1) is 0 Å². The second-order valence-electron chi connectivity index (χ2n) is 4.13. The highest BCUT2D eigenvalue weighted by molar-refractivity contribution is 5.47. The number of hydrogen-bond acceptors (Lipinski definition) is 3. The number of hydrogen-bond donors (Lipinski definition) is 1. The molecule has 0 aliphatic heterocycles. The van der Waals surface area contributed by atoms with Crippen molar-refractivity contribution in [3.05, 3.63) is 29.8 Å². The van der Waals surface area contributed by atoms with Crippen LogP contribution in [0.15, 0.2) is 24.3 Å². The Kier molecular flexibility index (Phi) is 6.01.